The molecule has 0 amide bonds. The van der Waals surface area contributed by atoms with Crippen molar-refractivity contribution in [2.24, 2.45) is 0 Å². The number of benzene rings is 3. The minimum atomic E-state index is -0.736. The quantitative estimate of drug-likeness (QED) is 0.178. The van der Waals surface area contributed by atoms with E-state index in [0.29, 0.717) is 18.8 Å². The van der Waals surface area contributed by atoms with Gasteiger partial charge in [-0.1, -0.05) is 76.1 Å². The van der Waals surface area contributed by atoms with E-state index in [1.165, 1.54) is 37.8 Å². The molecular weight excluding hydrogens is 478 g/mol. The van der Waals surface area contributed by atoms with Crippen LogP contribution in [0.15, 0.2) is 60.7 Å². The van der Waals surface area contributed by atoms with Crippen LogP contribution in [0.4, 0.5) is 8.78 Å². The zero-order valence-electron chi connectivity index (χ0n) is 22.4. The summed E-state index contributed by atoms with van der Waals surface area (Å²) in [6.45, 7) is 5.71. The molecule has 0 spiro atoms. The van der Waals surface area contributed by atoms with Gasteiger partial charge in [0.05, 0.1) is 18.8 Å². The van der Waals surface area contributed by atoms with Gasteiger partial charge in [0.25, 0.3) is 0 Å². The molecule has 0 fully saturated rings. The summed E-state index contributed by atoms with van der Waals surface area (Å²) in [6, 6.07) is 17.0. The van der Waals surface area contributed by atoms with E-state index in [4.69, 9.17) is 9.47 Å². The van der Waals surface area contributed by atoms with Crippen molar-refractivity contribution in [2.45, 2.75) is 65.2 Å². The predicted octanol–water partition coefficient (Wildman–Crippen LogP) is 8.68. The Bertz CT molecular complexity index is 1230. The molecule has 0 atom stereocenters. The SMILES string of the molecule is CCCCCCCOc1ccc(C#Cc2c(F)cc(C#Cc3ccc(OCCCCC)cc3)cc2F)cc1. The molecule has 0 heterocycles. The molecule has 0 aromatic heterocycles. The van der Waals surface area contributed by atoms with Crippen molar-refractivity contribution in [3.8, 4) is 35.2 Å². The number of halogens is 2. The van der Waals surface area contributed by atoms with Gasteiger partial charge in [-0.15, -0.1) is 0 Å². The Morgan fingerprint density at radius 3 is 1.47 bits per heavy atom. The van der Waals surface area contributed by atoms with Crippen LogP contribution in [-0.4, -0.2) is 13.2 Å². The number of unbranched alkanes of at least 4 members (excludes halogenated alkanes) is 6. The van der Waals surface area contributed by atoms with Crippen LogP contribution in [0.5, 0.6) is 11.5 Å². The van der Waals surface area contributed by atoms with Gasteiger partial charge >= 0.3 is 0 Å². The maximum absolute atomic E-state index is 14.6. The minimum Gasteiger partial charge on any atom is -0.494 e. The molecule has 0 radical (unpaired) electrons. The number of ether oxygens (including phenoxy) is 2. The minimum absolute atomic E-state index is 0.252. The topological polar surface area (TPSA) is 18.5 Å². The van der Waals surface area contributed by atoms with Crippen LogP contribution in [0.25, 0.3) is 0 Å². The van der Waals surface area contributed by atoms with Gasteiger partial charge in [-0.3, -0.25) is 0 Å². The van der Waals surface area contributed by atoms with Crippen molar-refractivity contribution in [3.63, 3.8) is 0 Å². The molecule has 4 heteroatoms. The summed E-state index contributed by atoms with van der Waals surface area (Å²) in [5.74, 6) is 11.3. The number of rotatable bonds is 12. The summed E-state index contributed by atoms with van der Waals surface area (Å²) in [5.41, 5.74) is 1.37. The van der Waals surface area contributed by atoms with Gasteiger partial charge in [0.2, 0.25) is 0 Å². The van der Waals surface area contributed by atoms with Gasteiger partial charge < -0.3 is 9.47 Å². The Balaban J connectivity index is 1.57. The molecule has 0 saturated carbocycles. The average Bonchev–Trinajstić information content (AvgIpc) is 2.93. The molecule has 38 heavy (non-hydrogen) atoms. The van der Waals surface area contributed by atoms with Gasteiger partial charge in [-0.25, -0.2) is 8.78 Å². The lowest BCUT2D eigenvalue weighted by atomic mass is 10.1. The first-order valence-electron chi connectivity index (χ1n) is 13.6. The fourth-order valence-electron chi connectivity index (χ4n) is 3.75. The summed E-state index contributed by atoms with van der Waals surface area (Å²) < 4.78 is 40.7. The predicted molar refractivity (Wildman–Crippen MR) is 150 cm³/mol. The Labute approximate surface area is 226 Å². The molecule has 3 aromatic rings. The van der Waals surface area contributed by atoms with Gasteiger partial charge in [-0.05, 0) is 73.5 Å². The summed E-state index contributed by atoms with van der Waals surface area (Å²) in [5, 5.41) is 0. The smallest absolute Gasteiger partial charge is 0.143 e. The summed E-state index contributed by atoms with van der Waals surface area (Å²) in [6.07, 6.45) is 9.23. The second kappa shape index (κ2) is 16.2. The molecule has 0 bridgehead atoms. The highest BCUT2D eigenvalue weighted by Gasteiger charge is 2.08. The first kappa shape index (κ1) is 28.8. The van der Waals surface area contributed by atoms with Gasteiger partial charge in [-0.2, -0.15) is 0 Å². The Hall–Kier alpha value is -3.76. The van der Waals surface area contributed by atoms with Crippen LogP contribution in [0.3, 0.4) is 0 Å². The standard InChI is InChI=1S/C34H36F2O2/c1-3-5-7-8-10-24-38-31-20-15-28(16-21-31)17-22-32-33(35)25-29(26-34(32)36)12-11-27-13-18-30(19-14-27)37-23-9-6-4-2/h13-16,18-21,25-26H,3-10,23-24H2,1-2H3. The first-order chi connectivity index (χ1) is 18.6. The Morgan fingerprint density at radius 2 is 0.947 bits per heavy atom. The molecular formula is C34H36F2O2. The van der Waals surface area contributed by atoms with Crippen LogP contribution in [0.1, 0.15) is 87.5 Å². The third kappa shape index (κ3) is 9.95. The van der Waals surface area contributed by atoms with Gasteiger partial charge in [0, 0.05) is 16.7 Å². The maximum atomic E-state index is 14.6. The zero-order valence-corrected chi connectivity index (χ0v) is 22.4. The van der Waals surface area contributed by atoms with Crippen molar-refractivity contribution in [3.05, 3.63) is 94.6 Å². The average molecular weight is 515 g/mol. The Kier molecular flexibility index (Phi) is 12.2. The van der Waals surface area contributed by atoms with Crippen molar-refractivity contribution in [1.82, 2.24) is 0 Å². The molecule has 3 rings (SSSR count). The van der Waals surface area contributed by atoms with E-state index in [9.17, 15) is 8.78 Å². The molecule has 3 aromatic carbocycles. The highest BCUT2D eigenvalue weighted by molar-refractivity contribution is 5.50. The fraction of sp³-hybridized carbons (Fsp3) is 0.353. The lowest BCUT2D eigenvalue weighted by Gasteiger charge is -2.06. The maximum Gasteiger partial charge on any atom is 0.143 e. The molecule has 0 saturated heterocycles. The summed E-state index contributed by atoms with van der Waals surface area (Å²) >= 11 is 0. The van der Waals surface area contributed by atoms with Crippen molar-refractivity contribution >= 4 is 0 Å². The fourth-order valence-corrected chi connectivity index (χ4v) is 3.75. The molecule has 0 aliphatic rings. The molecule has 198 valence electrons. The highest BCUT2D eigenvalue weighted by atomic mass is 19.1. The second-order valence-corrected chi connectivity index (χ2v) is 9.18. The lowest BCUT2D eigenvalue weighted by molar-refractivity contribution is 0.304. The highest BCUT2D eigenvalue weighted by Crippen LogP contribution is 2.17. The first-order valence-corrected chi connectivity index (χ1v) is 13.6. The van der Waals surface area contributed by atoms with E-state index in [0.717, 1.165) is 42.7 Å². The van der Waals surface area contributed by atoms with Crippen LogP contribution < -0.4 is 9.47 Å². The van der Waals surface area contributed by atoms with Gasteiger partial charge in [0.15, 0.2) is 0 Å². The molecule has 0 aliphatic heterocycles. The second-order valence-electron chi connectivity index (χ2n) is 9.18. The summed E-state index contributed by atoms with van der Waals surface area (Å²) in [7, 11) is 0. The molecule has 0 N–H and O–H groups in total. The van der Waals surface area contributed by atoms with Crippen molar-refractivity contribution < 1.29 is 18.3 Å². The van der Waals surface area contributed by atoms with E-state index < -0.39 is 11.6 Å². The van der Waals surface area contributed by atoms with Crippen LogP contribution in [-0.2, 0) is 0 Å². The van der Waals surface area contributed by atoms with Crippen LogP contribution in [0.2, 0.25) is 0 Å². The largest absolute Gasteiger partial charge is 0.494 e. The third-order valence-corrected chi connectivity index (χ3v) is 5.97. The molecule has 2 nitrogen and oxygen atoms in total. The van der Waals surface area contributed by atoms with E-state index >= 15 is 0 Å². The Morgan fingerprint density at radius 1 is 0.526 bits per heavy atom. The van der Waals surface area contributed by atoms with Crippen molar-refractivity contribution in [2.75, 3.05) is 13.2 Å². The zero-order chi connectivity index (χ0) is 27.0. The van der Waals surface area contributed by atoms with E-state index in [1.807, 2.05) is 36.4 Å². The number of hydrogen-bond donors (Lipinski definition) is 0. The van der Waals surface area contributed by atoms with E-state index in [-0.39, 0.29) is 11.1 Å². The summed E-state index contributed by atoms with van der Waals surface area (Å²) in [4.78, 5) is 0. The van der Waals surface area contributed by atoms with Gasteiger partial charge in [0.1, 0.15) is 23.1 Å². The van der Waals surface area contributed by atoms with E-state index in [2.05, 4.69) is 37.5 Å². The van der Waals surface area contributed by atoms with Crippen LogP contribution in [0, 0.1) is 35.3 Å². The number of hydrogen-bond acceptors (Lipinski definition) is 2. The molecule has 0 unspecified atom stereocenters. The van der Waals surface area contributed by atoms with E-state index in [1.54, 1.807) is 12.1 Å². The van der Waals surface area contributed by atoms with Crippen LogP contribution >= 0.6 is 0 Å². The lowest BCUT2D eigenvalue weighted by Crippen LogP contribution is -1.97. The monoisotopic (exact) mass is 514 g/mol. The normalized spacial score (nSPS) is 10.2. The molecule has 0 aliphatic carbocycles. The third-order valence-electron chi connectivity index (χ3n) is 5.97. The van der Waals surface area contributed by atoms with Crippen molar-refractivity contribution in [1.29, 1.82) is 0 Å².